The van der Waals surface area contributed by atoms with E-state index < -0.39 is 0 Å². The molecule has 0 bridgehead atoms. The number of carbonyl (C=O) groups is 1. The maximum atomic E-state index is 12.4. The third-order valence-electron chi connectivity index (χ3n) is 4.66. The van der Waals surface area contributed by atoms with Gasteiger partial charge in [0.2, 0.25) is 0 Å². The van der Waals surface area contributed by atoms with Gasteiger partial charge in [-0.15, -0.1) is 0 Å². The second-order valence-electron chi connectivity index (χ2n) is 6.17. The van der Waals surface area contributed by atoms with Crippen LogP contribution in [-0.4, -0.2) is 31.7 Å². The number of anilines is 2. The van der Waals surface area contributed by atoms with Crippen molar-refractivity contribution in [2.24, 2.45) is 0 Å². The summed E-state index contributed by atoms with van der Waals surface area (Å²) in [5, 5.41) is 3.07. The first-order valence-electron chi connectivity index (χ1n) is 8.15. The Kier molecular flexibility index (Phi) is 4.04. The molecule has 1 aromatic carbocycles. The van der Waals surface area contributed by atoms with E-state index in [2.05, 4.69) is 42.3 Å². The smallest absolute Gasteiger partial charge is 0.322 e. The molecule has 0 saturated carbocycles. The Morgan fingerprint density at radius 3 is 2.76 bits per heavy atom. The molecule has 0 radical (unpaired) electrons. The molecule has 0 aromatic heterocycles. The Hall–Kier alpha value is -1.71. The molecule has 114 valence electrons. The van der Waals surface area contributed by atoms with Gasteiger partial charge in [0, 0.05) is 31.4 Å². The molecule has 3 rings (SSSR count). The maximum absolute atomic E-state index is 12.4. The van der Waals surface area contributed by atoms with Gasteiger partial charge in [0.15, 0.2) is 0 Å². The largest absolute Gasteiger partial charge is 0.371 e. The summed E-state index contributed by atoms with van der Waals surface area (Å²) in [4.78, 5) is 16.7. The SMILES string of the molecule is CCC(C)NC(=O)N1CCc2ccc(N3CCCC3)cc21. The molecule has 1 aromatic rings. The van der Waals surface area contributed by atoms with Crippen LogP contribution in [0.25, 0.3) is 0 Å². The van der Waals surface area contributed by atoms with Crippen molar-refractivity contribution in [3.8, 4) is 0 Å². The second kappa shape index (κ2) is 5.96. The fourth-order valence-corrected chi connectivity index (χ4v) is 3.14. The van der Waals surface area contributed by atoms with Crippen LogP contribution in [-0.2, 0) is 6.42 Å². The van der Waals surface area contributed by atoms with Crippen molar-refractivity contribution in [3.63, 3.8) is 0 Å². The lowest BCUT2D eigenvalue weighted by Gasteiger charge is -2.23. The molecule has 2 aliphatic heterocycles. The Morgan fingerprint density at radius 1 is 1.29 bits per heavy atom. The van der Waals surface area contributed by atoms with Gasteiger partial charge in [-0.25, -0.2) is 4.79 Å². The number of nitrogens with one attached hydrogen (secondary N) is 1. The van der Waals surface area contributed by atoms with Gasteiger partial charge in [-0.2, -0.15) is 0 Å². The predicted octanol–water partition coefficient (Wildman–Crippen LogP) is 3.16. The van der Waals surface area contributed by atoms with Gasteiger partial charge in [0.05, 0.1) is 5.69 Å². The van der Waals surface area contributed by atoms with E-state index >= 15 is 0 Å². The number of carbonyl (C=O) groups excluding carboxylic acids is 1. The summed E-state index contributed by atoms with van der Waals surface area (Å²) in [6.45, 7) is 7.21. The summed E-state index contributed by atoms with van der Waals surface area (Å²) in [5.74, 6) is 0. The molecule has 1 unspecified atom stereocenters. The van der Waals surface area contributed by atoms with Gasteiger partial charge >= 0.3 is 6.03 Å². The minimum Gasteiger partial charge on any atom is -0.371 e. The first kappa shape index (κ1) is 14.2. The molecule has 4 heteroatoms. The van der Waals surface area contributed by atoms with Crippen LogP contribution in [0.1, 0.15) is 38.7 Å². The zero-order valence-electron chi connectivity index (χ0n) is 13.1. The summed E-state index contributed by atoms with van der Waals surface area (Å²) in [5.41, 5.74) is 3.65. The van der Waals surface area contributed by atoms with Crippen molar-refractivity contribution in [1.82, 2.24) is 5.32 Å². The van der Waals surface area contributed by atoms with Crippen LogP contribution in [0.4, 0.5) is 16.2 Å². The van der Waals surface area contributed by atoms with Crippen molar-refractivity contribution in [2.45, 2.75) is 45.6 Å². The summed E-state index contributed by atoms with van der Waals surface area (Å²) in [6.07, 6.45) is 4.47. The summed E-state index contributed by atoms with van der Waals surface area (Å²) in [7, 11) is 0. The Bertz CT molecular complexity index is 523. The van der Waals surface area contributed by atoms with Crippen LogP contribution < -0.4 is 15.1 Å². The van der Waals surface area contributed by atoms with E-state index in [-0.39, 0.29) is 12.1 Å². The Labute approximate surface area is 127 Å². The van der Waals surface area contributed by atoms with Crippen molar-refractivity contribution in [2.75, 3.05) is 29.4 Å². The van der Waals surface area contributed by atoms with Gasteiger partial charge in [-0.3, -0.25) is 4.90 Å². The molecular formula is C17H25N3O. The van der Waals surface area contributed by atoms with Gasteiger partial charge < -0.3 is 10.2 Å². The number of amides is 2. The predicted molar refractivity (Wildman–Crippen MR) is 87.2 cm³/mol. The third kappa shape index (κ3) is 2.85. The van der Waals surface area contributed by atoms with Crippen molar-refractivity contribution < 1.29 is 4.79 Å². The summed E-state index contributed by atoms with van der Waals surface area (Å²) < 4.78 is 0. The third-order valence-corrected chi connectivity index (χ3v) is 4.66. The minimum absolute atomic E-state index is 0.0432. The fourth-order valence-electron chi connectivity index (χ4n) is 3.14. The van der Waals surface area contributed by atoms with E-state index in [0.29, 0.717) is 0 Å². The van der Waals surface area contributed by atoms with E-state index in [1.54, 1.807) is 0 Å². The first-order chi connectivity index (χ1) is 10.2. The van der Waals surface area contributed by atoms with E-state index in [9.17, 15) is 4.79 Å². The van der Waals surface area contributed by atoms with Gasteiger partial charge in [0.1, 0.15) is 0 Å². The molecule has 1 N–H and O–H groups in total. The molecule has 0 spiro atoms. The lowest BCUT2D eigenvalue weighted by atomic mass is 10.1. The van der Waals surface area contributed by atoms with Crippen LogP contribution in [0, 0.1) is 0 Å². The molecule has 1 saturated heterocycles. The minimum atomic E-state index is 0.0432. The zero-order valence-corrected chi connectivity index (χ0v) is 13.1. The van der Waals surface area contributed by atoms with Gasteiger partial charge in [-0.05, 0) is 50.3 Å². The highest BCUT2D eigenvalue weighted by Crippen LogP contribution is 2.33. The van der Waals surface area contributed by atoms with E-state index in [4.69, 9.17) is 0 Å². The van der Waals surface area contributed by atoms with Gasteiger partial charge in [0.25, 0.3) is 0 Å². The Morgan fingerprint density at radius 2 is 2.05 bits per heavy atom. The highest BCUT2D eigenvalue weighted by atomic mass is 16.2. The average molecular weight is 287 g/mol. The van der Waals surface area contributed by atoms with E-state index in [0.717, 1.165) is 38.2 Å². The lowest BCUT2D eigenvalue weighted by Crippen LogP contribution is -2.43. The number of benzene rings is 1. The number of hydrogen-bond acceptors (Lipinski definition) is 2. The molecule has 2 aliphatic rings. The van der Waals surface area contributed by atoms with E-state index in [1.807, 2.05) is 4.90 Å². The topological polar surface area (TPSA) is 35.6 Å². The van der Waals surface area contributed by atoms with Crippen LogP contribution in [0.5, 0.6) is 0 Å². The molecule has 1 fully saturated rings. The van der Waals surface area contributed by atoms with Crippen molar-refractivity contribution in [1.29, 1.82) is 0 Å². The number of fused-ring (bicyclic) bond motifs is 1. The molecular weight excluding hydrogens is 262 g/mol. The van der Waals surface area contributed by atoms with Crippen molar-refractivity contribution >= 4 is 17.4 Å². The zero-order chi connectivity index (χ0) is 14.8. The molecule has 1 atom stereocenters. The van der Waals surface area contributed by atoms with Gasteiger partial charge in [-0.1, -0.05) is 13.0 Å². The van der Waals surface area contributed by atoms with Crippen molar-refractivity contribution in [3.05, 3.63) is 23.8 Å². The molecule has 2 heterocycles. The summed E-state index contributed by atoms with van der Waals surface area (Å²) >= 11 is 0. The average Bonchev–Trinajstić information content (AvgIpc) is 3.15. The standard InChI is InChI=1S/C17H25N3O/c1-3-13(2)18-17(21)20-11-8-14-6-7-15(12-16(14)20)19-9-4-5-10-19/h6-7,12-13H,3-5,8-11H2,1-2H3,(H,18,21). The second-order valence-corrected chi connectivity index (χ2v) is 6.17. The highest BCUT2D eigenvalue weighted by molar-refractivity contribution is 5.95. The van der Waals surface area contributed by atoms with Crippen LogP contribution in [0.2, 0.25) is 0 Å². The maximum Gasteiger partial charge on any atom is 0.322 e. The highest BCUT2D eigenvalue weighted by Gasteiger charge is 2.26. The molecule has 4 nitrogen and oxygen atoms in total. The number of hydrogen-bond donors (Lipinski definition) is 1. The van der Waals surface area contributed by atoms with Crippen LogP contribution >= 0.6 is 0 Å². The molecule has 21 heavy (non-hydrogen) atoms. The molecule has 2 amide bonds. The fraction of sp³-hybridized carbons (Fsp3) is 0.588. The normalized spacial score (nSPS) is 18.8. The lowest BCUT2D eigenvalue weighted by molar-refractivity contribution is 0.243. The first-order valence-corrected chi connectivity index (χ1v) is 8.15. The quantitative estimate of drug-likeness (QED) is 0.927. The van der Waals surface area contributed by atoms with Crippen LogP contribution in [0.15, 0.2) is 18.2 Å². The summed E-state index contributed by atoms with van der Waals surface area (Å²) in [6, 6.07) is 6.87. The van der Waals surface area contributed by atoms with Crippen LogP contribution in [0.3, 0.4) is 0 Å². The molecule has 0 aliphatic carbocycles. The number of nitrogens with zero attached hydrogens (tertiary/aromatic N) is 2. The van der Waals surface area contributed by atoms with E-state index in [1.165, 1.54) is 24.1 Å². The number of rotatable bonds is 3. The Balaban J connectivity index is 1.79. The monoisotopic (exact) mass is 287 g/mol. The number of urea groups is 1.